The van der Waals surface area contributed by atoms with Crippen LogP contribution < -0.4 is 10.6 Å². The Balaban J connectivity index is 1.49. The largest absolute Gasteiger partial charge is 0.341 e. The Hall–Kier alpha value is -3.23. The molecule has 1 aliphatic heterocycles. The minimum atomic E-state index is -0.890. The van der Waals surface area contributed by atoms with Gasteiger partial charge in [-0.25, -0.2) is 14.2 Å². The van der Waals surface area contributed by atoms with Gasteiger partial charge in [-0.3, -0.25) is 14.5 Å². The second-order valence-corrected chi connectivity index (χ2v) is 8.70. The van der Waals surface area contributed by atoms with Gasteiger partial charge >= 0.3 is 6.03 Å². The molecule has 4 amide bonds. The van der Waals surface area contributed by atoms with Gasteiger partial charge in [0.2, 0.25) is 5.91 Å². The summed E-state index contributed by atoms with van der Waals surface area (Å²) >= 11 is 0. The number of imidazole rings is 1. The van der Waals surface area contributed by atoms with Gasteiger partial charge in [0.05, 0.1) is 0 Å². The minimum absolute atomic E-state index is 0.331. The van der Waals surface area contributed by atoms with E-state index in [1.54, 1.807) is 36.1 Å². The van der Waals surface area contributed by atoms with Crippen molar-refractivity contribution in [3.63, 3.8) is 0 Å². The first-order valence-corrected chi connectivity index (χ1v) is 11.0. The highest BCUT2D eigenvalue weighted by atomic mass is 19.1. The van der Waals surface area contributed by atoms with Gasteiger partial charge in [-0.2, -0.15) is 0 Å². The van der Waals surface area contributed by atoms with E-state index in [4.69, 9.17) is 0 Å². The molecule has 170 valence electrons. The highest BCUT2D eigenvalue weighted by Gasteiger charge is 2.52. The van der Waals surface area contributed by atoms with Gasteiger partial charge in [0, 0.05) is 19.4 Å². The number of aryl methyl sites for hydroxylation is 1. The molecule has 0 bridgehead atoms. The van der Waals surface area contributed by atoms with Crippen molar-refractivity contribution < 1.29 is 18.8 Å². The number of aromatic nitrogens is 2. The highest BCUT2D eigenvalue weighted by molar-refractivity contribution is 6.09. The molecule has 1 aliphatic carbocycles. The lowest BCUT2D eigenvalue weighted by molar-refractivity contribution is -0.136. The van der Waals surface area contributed by atoms with Gasteiger partial charge in [0.15, 0.2) is 0 Å². The van der Waals surface area contributed by atoms with E-state index in [1.165, 1.54) is 12.1 Å². The summed E-state index contributed by atoms with van der Waals surface area (Å²) in [4.78, 5) is 43.9. The SMILES string of the molecule is CCC1CCC2(CC1)NC(=O)N(CC(=O)NC(c1ccc(F)cc1)c1nccn1C)C2=O. The summed E-state index contributed by atoms with van der Waals surface area (Å²) in [6, 6.07) is 4.58. The monoisotopic (exact) mass is 441 g/mol. The molecule has 1 spiro atoms. The third kappa shape index (κ3) is 4.11. The molecule has 9 heteroatoms. The van der Waals surface area contributed by atoms with Crippen LogP contribution in [0.25, 0.3) is 0 Å². The smallest absolute Gasteiger partial charge is 0.325 e. The van der Waals surface area contributed by atoms with Crippen molar-refractivity contribution in [2.24, 2.45) is 13.0 Å². The second-order valence-electron chi connectivity index (χ2n) is 8.70. The molecule has 1 atom stereocenters. The highest BCUT2D eigenvalue weighted by Crippen LogP contribution is 2.37. The summed E-state index contributed by atoms with van der Waals surface area (Å²) in [7, 11) is 1.79. The Labute approximate surface area is 186 Å². The van der Waals surface area contributed by atoms with Crippen LogP contribution in [0.15, 0.2) is 36.7 Å². The third-order valence-corrected chi connectivity index (χ3v) is 6.71. The molecule has 1 aromatic carbocycles. The quantitative estimate of drug-likeness (QED) is 0.674. The number of hydrogen-bond donors (Lipinski definition) is 2. The number of carbonyl (C=O) groups excluding carboxylic acids is 3. The molecule has 4 rings (SSSR count). The molecule has 2 fully saturated rings. The van der Waals surface area contributed by atoms with Crippen molar-refractivity contribution in [2.75, 3.05) is 6.54 Å². The van der Waals surface area contributed by atoms with E-state index in [2.05, 4.69) is 22.5 Å². The molecule has 1 saturated carbocycles. The lowest BCUT2D eigenvalue weighted by atomic mass is 9.75. The molecule has 2 heterocycles. The molecule has 1 aromatic heterocycles. The molecule has 2 N–H and O–H groups in total. The van der Waals surface area contributed by atoms with Crippen LogP contribution in [-0.4, -0.2) is 44.4 Å². The third-order valence-electron chi connectivity index (χ3n) is 6.71. The summed E-state index contributed by atoms with van der Waals surface area (Å²) in [5, 5.41) is 5.70. The van der Waals surface area contributed by atoms with Crippen LogP contribution in [0.3, 0.4) is 0 Å². The lowest BCUT2D eigenvalue weighted by Crippen LogP contribution is -2.50. The van der Waals surface area contributed by atoms with Crippen LogP contribution >= 0.6 is 0 Å². The van der Waals surface area contributed by atoms with E-state index >= 15 is 0 Å². The Morgan fingerprint density at radius 3 is 2.56 bits per heavy atom. The molecule has 2 aromatic rings. The Morgan fingerprint density at radius 2 is 1.97 bits per heavy atom. The first kappa shape index (κ1) is 22.0. The predicted molar refractivity (Wildman–Crippen MR) is 115 cm³/mol. The minimum Gasteiger partial charge on any atom is -0.341 e. The fraction of sp³-hybridized carbons (Fsp3) is 0.478. The van der Waals surface area contributed by atoms with Crippen molar-refractivity contribution in [3.05, 3.63) is 53.9 Å². The maximum absolute atomic E-state index is 13.4. The van der Waals surface area contributed by atoms with Crippen molar-refractivity contribution in [3.8, 4) is 0 Å². The number of rotatable bonds is 6. The molecular weight excluding hydrogens is 413 g/mol. The van der Waals surface area contributed by atoms with Gasteiger partial charge in [-0.05, 0) is 49.3 Å². The number of carbonyl (C=O) groups is 3. The number of urea groups is 1. The van der Waals surface area contributed by atoms with Gasteiger partial charge in [0.1, 0.15) is 29.8 Å². The number of halogens is 1. The summed E-state index contributed by atoms with van der Waals surface area (Å²) in [5.74, 6) is -0.0952. The molecule has 32 heavy (non-hydrogen) atoms. The molecule has 8 nitrogen and oxygen atoms in total. The number of hydrogen-bond acceptors (Lipinski definition) is 4. The standard InChI is InChI=1S/C23H28FN5O3/c1-3-15-8-10-23(11-9-15)21(31)29(22(32)27-23)14-18(30)26-19(20-25-12-13-28(20)2)16-4-6-17(24)7-5-16/h4-7,12-13,15,19H,3,8-11,14H2,1-2H3,(H,26,30)(H,27,32). The van der Waals surface area contributed by atoms with Gasteiger partial charge < -0.3 is 15.2 Å². The van der Waals surface area contributed by atoms with Crippen LogP contribution in [0.2, 0.25) is 0 Å². The van der Waals surface area contributed by atoms with Gasteiger partial charge in [0.25, 0.3) is 5.91 Å². The van der Waals surface area contributed by atoms with Crippen molar-refractivity contribution >= 4 is 17.8 Å². The lowest BCUT2D eigenvalue weighted by Gasteiger charge is -2.34. The van der Waals surface area contributed by atoms with Crippen molar-refractivity contribution in [2.45, 2.75) is 50.6 Å². The zero-order valence-corrected chi connectivity index (χ0v) is 18.3. The first-order valence-electron chi connectivity index (χ1n) is 11.0. The number of nitrogens with one attached hydrogen (secondary N) is 2. The first-order chi connectivity index (χ1) is 15.3. The Bertz CT molecular complexity index is 1010. The maximum atomic E-state index is 13.4. The predicted octanol–water partition coefficient (Wildman–Crippen LogP) is 2.66. The normalized spacial score (nSPS) is 24.0. The summed E-state index contributed by atoms with van der Waals surface area (Å²) in [6.07, 6.45) is 7.36. The van der Waals surface area contributed by atoms with E-state index in [9.17, 15) is 18.8 Å². The van der Waals surface area contributed by atoms with E-state index < -0.39 is 23.5 Å². The molecule has 1 saturated heterocycles. The fourth-order valence-corrected chi connectivity index (χ4v) is 4.70. The number of imide groups is 1. The molecule has 2 aliphatic rings. The van der Waals surface area contributed by atoms with Gasteiger partial charge in [-0.1, -0.05) is 25.5 Å². The number of amides is 4. The van der Waals surface area contributed by atoms with Crippen LogP contribution in [0.1, 0.15) is 56.5 Å². The van der Waals surface area contributed by atoms with Crippen LogP contribution in [0.4, 0.5) is 9.18 Å². The summed E-state index contributed by atoms with van der Waals surface area (Å²) in [6.45, 7) is 1.75. The maximum Gasteiger partial charge on any atom is 0.325 e. The zero-order chi connectivity index (χ0) is 22.9. The number of benzene rings is 1. The van der Waals surface area contributed by atoms with Crippen molar-refractivity contribution in [1.82, 2.24) is 25.1 Å². The Kier molecular flexibility index (Phi) is 5.99. The Morgan fingerprint density at radius 1 is 1.28 bits per heavy atom. The van der Waals surface area contributed by atoms with E-state index in [-0.39, 0.29) is 18.3 Å². The molecule has 0 radical (unpaired) electrons. The summed E-state index contributed by atoms with van der Waals surface area (Å²) < 4.78 is 15.2. The topological polar surface area (TPSA) is 96.3 Å². The second kappa shape index (κ2) is 8.72. The van der Waals surface area contributed by atoms with E-state index in [1.807, 2.05) is 0 Å². The van der Waals surface area contributed by atoms with Crippen LogP contribution in [0, 0.1) is 11.7 Å². The van der Waals surface area contributed by atoms with E-state index in [0.717, 1.165) is 24.2 Å². The van der Waals surface area contributed by atoms with Crippen LogP contribution in [-0.2, 0) is 16.6 Å². The fourth-order valence-electron chi connectivity index (χ4n) is 4.70. The van der Waals surface area contributed by atoms with Crippen LogP contribution in [0.5, 0.6) is 0 Å². The van der Waals surface area contributed by atoms with E-state index in [0.29, 0.717) is 30.1 Å². The van der Waals surface area contributed by atoms with Crippen molar-refractivity contribution in [1.29, 1.82) is 0 Å². The van der Waals surface area contributed by atoms with Gasteiger partial charge in [-0.15, -0.1) is 0 Å². The summed E-state index contributed by atoms with van der Waals surface area (Å²) in [5.41, 5.74) is -0.250. The average Bonchev–Trinajstić information content (AvgIpc) is 3.30. The average molecular weight is 442 g/mol. The number of nitrogens with zero attached hydrogens (tertiary/aromatic N) is 3. The zero-order valence-electron chi connectivity index (χ0n) is 18.3. The molecule has 1 unspecified atom stereocenters. The molecular formula is C23H28FN5O3.